The average Bonchev–Trinajstić information content (AvgIpc) is 3.17. The van der Waals surface area contributed by atoms with Gasteiger partial charge in [0.1, 0.15) is 0 Å². The molecule has 1 unspecified atom stereocenters. The molecule has 0 saturated carbocycles. The monoisotopic (exact) mass is 373 g/mol. The zero-order valence-corrected chi connectivity index (χ0v) is 16.4. The molecule has 1 aromatic carbocycles. The molecule has 1 N–H and O–H groups in total. The van der Waals surface area contributed by atoms with Gasteiger partial charge in [0.05, 0.1) is 12.0 Å². The van der Waals surface area contributed by atoms with Crippen LogP contribution in [0.2, 0.25) is 0 Å². The Bertz CT molecular complexity index is 650. The topological polar surface area (TPSA) is 66.8 Å². The van der Waals surface area contributed by atoms with Gasteiger partial charge in [-0.3, -0.25) is 9.59 Å². The standard InChI is InChI=1S/C22H31NO4/c1-22(2,17-6-4-3-5-7-17)12-8-19(24)23-13-9-16(10-14-23)20-18(21(25)26)11-15-27-20/h3-7,16,18,20H,8-15H2,1-2H3,(H,25,26)/t18?,20-/m0/s1. The number of ether oxygens (including phenoxy) is 1. The first kappa shape index (κ1) is 19.9. The third kappa shape index (κ3) is 4.70. The molecule has 0 radical (unpaired) electrons. The summed E-state index contributed by atoms with van der Waals surface area (Å²) in [6.07, 6.45) is 3.46. The van der Waals surface area contributed by atoms with Gasteiger partial charge in [-0.15, -0.1) is 0 Å². The fourth-order valence-corrected chi connectivity index (χ4v) is 4.43. The molecule has 0 aliphatic carbocycles. The van der Waals surface area contributed by atoms with Gasteiger partial charge in [-0.2, -0.15) is 0 Å². The summed E-state index contributed by atoms with van der Waals surface area (Å²) < 4.78 is 5.72. The number of hydrogen-bond donors (Lipinski definition) is 1. The Morgan fingerprint density at radius 3 is 2.44 bits per heavy atom. The smallest absolute Gasteiger partial charge is 0.309 e. The van der Waals surface area contributed by atoms with Crippen LogP contribution < -0.4 is 0 Å². The lowest BCUT2D eigenvalue weighted by Crippen LogP contribution is -2.43. The van der Waals surface area contributed by atoms with E-state index in [9.17, 15) is 14.7 Å². The molecule has 148 valence electrons. The lowest BCUT2D eigenvalue weighted by Gasteiger charge is -2.36. The fourth-order valence-electron chi connectivity index (χ4n) is 4.43. The van der Waals surface area contributed by atoms with E-state index in [0.717, 1.165) is 19.3 Å². The second kappa shape index (κ2) is 8.42. The van der Waals surface area contributed by atoms with Crippen molar-refractivity contribution in [2.24, 2.45) is 11.8 Å². The number of hydrogen-bond acceptors (Lipinski definition) is 3. The van der Waals surface area contributed by atoms with Gasteiger partial charge < -0.3 is 14.7 Å². The average molecular weight is 373 g/mol. The highest BCUT2D eigenvalue weighted by Crippen LogP contribution is 2.34. The van der Waals surface area contributed by atoms with E-state index in [-0.39, 0.29) is 29.3 Å². The summed E-state index contributed by atoms with van der Waals surface area (Å²) in [4.78, 5) is 26.0. The summed E-state index contributed by atoms with van der Waals surface area (Å²) in [5.41, 5.74) is 1.23. The molecule has 5 nitrogen and oxygen atoms in total. The summed E-state index contributed by atoms with van der Waals surface area (Å²) in [7, 11) is 0. The molecule has 5 heteroatoms. The summed E-state index contributed by atoms with van der Waals surface area (Å²) in [6, 6.07) is 10.3. The van der Waals surface area contributed by atoms with Crippen molar-refractivity contribution in [1.82, 2.24) is 4.90 Å². The van der Waals surface area contributed by atoms with Crippen LogP contribution in [-0.2, 0) is 19.7 Å². The highest BCUT2D eigenvalue weighted by Gasteiger charge is 2.40. The Morgan fingerprint density at radius 1 is 1.15 bits per heavy atom. The molecule has 2 saturated heterocycles. The number of benzene rings is 1. The second-order valence-electron chi connectivity index (χ2n) is 8.54. The van der Waals surface area contributed by atoms with Crippen LogP contribution in [0, 0.1) is 11.8 Å². The molecule has 1 amide bonds. The van der Waals surface area contributed by atoms with E-state index in [1.54, 1.807) is 0 Å². The molecule has 0 bridgehead atoms. The maximum Gasteiger partial charge on any atom is 0.309 e. The molecule has 2 heterocycles. The minimum absolute atomic E-state index is 0.0262. The number of carboxylic acids is 1. The van der Waals surface area contributed by atoms with E-state index >= 15 is 0 Å². The lowest BCUT2D eigenvalue weighted by molar-refractivity contribution is -0.146. The number of carbonyl (C=O) groups excluding carboxylic acids is 1. The highest BCUT2D eigenvalue weighted by atomic mass is 16.5. The third-order valence-corrected chi connectivity index (χ3v) is 6.33. The van der Waals surface area contributed by atoms with Crippen molar-refractivity contribution in [3.63, 3.8) is 0 Å². The van der Waals surface area contributed by atoms with E-state index < -0.39 is 5.97 Å². The van der Waals surface area contributed by atoms with Crippen LogP contribution in [0.25, 0.3) is 0 Å². The molecule has 2 aliphatic heterocycles. The van der Waals surface area contributed by atoms with Crippen LogP contribution in [0.4, 0.5) is 0 Å². The van der Waals surface area contributed by atoms with Crippen molar-refractivity contribution in [1.29, 1.82) is 0 Å². The molecule has 3 rings (SSSR count). The van der Waals surface area contributed by atoms with E-state index in [2.05, 4.69) is 26.0 Å². The van der Waals surface area contributed by atoms with Crippen molar-refractivity contribution >= 4 is 11.9 Å². The van der Waals surface area contributed by atoms with Gasteiger partial charge in [0.2, 0.25) is 5.91 Å². The van der Waals surface area contributed by atoms with Gasteiger partial charge >= 0.3 is 5.97 Å². The molecule has 2 fully saturated rings. The number of likely N-dealkylation sites (tertiary alicyclic amines) is 1. The number of rotatable bonds is 6. The van der Waals surface area contributed by atoms with Crippen molar-refractivity contribution in [2.45, 2.75) is 57.5 Å². The van der Waals surface area contributed by atoms with Crippen molar-refractivity contribution < 1.29 is 19.4 Å². The number of piperidine rings is 1. The maximum absolute atomic E-state index is 12.7. The van der Waals surface area contributed by atoms with Crippen LogP contribution in [-0.4, -0.2) is 47.7 Å². The van der Waals surface area contributed by atoms with Gasteiger partial charge in [-0.1, -0.05) is 44.2 Å². The quantitative estimate of drug-likeness (QED) is 0.829. The molecule has 2 aliphatic rings. The number of carbonyl (C=O) groups is 2. The van der Waals surface area contributed by atoms with E-state index in [1.165, 1.54) is 5.56 Å². The predicted molar refractivity (Wildman–Crippen MR) is 103 cm³/mol. The van der Waals surface area contributed by atoms with Crippen LogP contribution in [0.3, 0.4) is 0 Å². The van der Waals surface area contributed by atoms with Crippen molar-refractivity contribution in [3.05, 3.63) is 35.9 Å². The van der Waals surface area contributed by atoms with Gasteiger partial charge in [0.15, 0.2) is 0 Å². The number of nitrogens with zero attached hydrogens (tertiary/aromatic N) is 1. The fraction of sp³-hybridized carbons (Fsp3) is 0.636. The van der Waals surface area contributed by atoms with Gasteiger partial charge in [0.25, 0.3) is 0 Å². The largest absolute Gasteiger partial charge is 0.481 e. The SMILES string of the molecule is CC(C)(CCC(=O)N1CCC([C@@H]2OCCC2C(=O)O)CC1)c1ccccc1. The van der Waals surface area contributed by atoms with Crippen LogP contribution in [0.15, 0.2) is 30.3 Å². The van der Waals surface area contributed by atoms with E-state index in [1.807, 2.05) is 23.1 Å². The summed E-state index contributed by atoms with van der Waals surface area (Å²) in [5, 5.41) is 9.35. The lowest BCUT2D eigenvalue weighted by atomic mass is 9.80. The normalized spacial score (nSPS) is 24.1. The minimum atomic E-state index is -0.751. The molecule has 1 aromatic rings. The number of amides is 1. The molecular formula is C22H31NO4. The minimum Gasteiger partial charge on any atom is -0.481 e. The molecule has 0 aromatic heterocycles. The van der Waals surface area contributed by atoms with E-state index in [4.69, 9.17) is 4.74 Å². The van der Waals surface area contributed by atoms with Crippen LogP contribution in [0.1, 0.15) is 51.5 Å². The Labute approximate surface area is 161 Å². The van der Waals surface area contributed by atoms with Crippen LogP contribution in [0.5, 0.6) is 0 Å². The first-order chi connectivity index (χ1) is 12.9. The third-order valence-electron chi connectivity index (χ3n) is 6.33. The first-order valence-electron chi connectivity index (χ1n) is 10.1. The zero-order chi connectivity index (χ0) is 19.4. The Morgan fingerprint density at radius 2 is 1.81 bits per heavy atom. The van der Waals surface area contributed by atoms with Crippen LogP contribution >= 0.6 is 0 Å². The van der Waals surface area contributed by atoms with Gasteiger partial charge in [0, 0.05) is 26.1 Å². The number of aliphatic carboxylic acids is 1. The van der Waals surface area contributed by atoms with Gasteiger partial charge in [-0.05, 0) is 42.6 Å². The van der Waals surface area contributed by atoms with Crippen molar-refractivity contribution in [3.8, 4) is 0 Å². The second-order valence-corrected chi connectivity index (χ2v) is 8.54. The number of carboxylic acid groups (broad SMARTS) is 1. The molecule has 0 spiro atoms. The summed E-state index contributed by atoms with van der Waals surface area (Å²) >= 11 is 0. The maximum atomic E-state index is 12.7. The predicted octanol–water partition coefficient (Wildman–Crippen LogP) is 3.47. The van der Waals surface area contributed by atoms with E-state index in [0.29, 0.717) is 32.5 Å². The Balaban J connectivity index is 1.48. The first-order valence-corrected chi connectivity index (χ1v) is 10.1. The van der Waals surface area contributed by atoms with Crippen molar-refractivity contribution in [2.75, 3.05) is 19.7 Å². The molecule has 27 heavy (non-hydrogen) atoms. The molecule has 2 atom stereocenters. The van der Waals surface area contributed by atoms with Gasteiger partial charge in [-0.25, -0.2) is 0 Å². The highest BCUT2D eigenvalue weighted by molar-refractivity contribution is 5.76. The summed E-state index contributed by atoms with van der Waals surface area (Å²) in [5.74, 6) is -0.680. The Kier molecular flexibility index (Phi) is 6.20. The summed E-state index contributed by atoms with van der Waals surface area (Å²) in [6.45, 7) is 6.33. The Hall–Kier alpha value is -1.88. The zero-order valence-electron chi connectivity index (χ0n) is 16.4. The molecular weight excluding hydrogens is 342 g/mol.